The summed E-state index contributed by atoms with van der Waals surface area (Å²) < 4.78 is 7.66. The number of fused-ring (bicyclic) bond motifs is 1. The highest BCUT2D eigenvalue weighted by atomic mass is 32.2. The van der Waals surface area contributed by atoms with Crippen molar-refractivity contribution in [1.82, 2.24) is 19.7 Å². The molecule has 0 aliphatic heterocycles. The Labute approximate surface area is 235 Å². The van der Waals surface area contributed by atoms with E-state index >= 15 is 0 Å². The molecule has 0 saturated carbocycles. The molecule has 0 unspecified atom stereocenters. The fraction of sp³-hybridized carbons (Fsp3) is 0.303. The Kier molecular flexibility index (Phi) is 8.15. The molecule has 0 fully saturated rings. The van der Waals surface area contributed by atoms with E-state index in [1.807, 2.05) is 24.3 Å². The average molecular weight is 537 g/mol. The van der Waals surface area contributed by atoms with Gasteiger partial charge in [0.2, 0.25) is 0 Å². The second kappa shape index (κ2) is 11.7. The minimum atomic E-state index is 0.683. The van der Waals surface area contributed by atoms with Crippen LogP contribution in [-0.4, -0.2) is 33.5 Å². The van der Waals surface area contributed by atoms with Crippen molar-refractivity contribution in [3.63, 3.8) is 0 Å². The van der Waals surface area contributed by atoms with Gasteiger partial charge in [0.15, 0.2) is 11.0 Å². The van der Waals surface area contributed by atoms with Crippen LogP contribution < -0.4 is 0 Å². The van der Waals surface area contributed by atoms with E-state index in [0.29, 0.717) is 6.61 Å². The lowest BCUT2D eigenvalue weighted by atomic mass is 9.90. The van der Waals surface area contributed by atoms with Crippen LogP contribution in [0.5, 0.6) is 0 Å². The number of thioether (sulfide) groups is 1. The minimum absolute atomic E-state index is 0.683. The molecule has 0 radical (unpaired) electrons. The van der Waals surface area contributed by atoms with Gasteiger partial charge in [-0.1, -0.05) is 60.3 Å². The first kappa shape index (κ1) is 27.1. The van der Waals surface area contributed by atoms with Crippen LogP contribution in [0, 0.1) is 34.6 Å². The van der Waals surface area contributed by atoms with E-state index in [9.17, 15) is 0 Å². The number of nitrogens with zero attached hydrogens (tertiary/aromatic N) is 4. The molecule has 39 heavy (non-hydrogen) atoms. The summed E-state index contributed by atoms with van der Waals surface area (Å²) in [6, 6.07) is 20.8. The molecule has 0 N–H and O–H groups in total. The smallest absolute Gasteiger partial charge is 0.191 e. The molecule has 5 rings (SSSR count). The Bertz CT molecular complexity index is 1600. The van der Waals surface area contributed by atoms with Gasteiger partial charge in [-0.05, 0) is 86.6 Å². The molecule has 0 saturated heterocycles. The number of hydrogen-bond acceptors (Lipinski definition) is 5. The molecule has 2 aromatic heterocycles. The highest BCUT2D eigenvalue weighted by molar-refractivity contribution is 7.98. The van der Waals surface area contributed by atoms with Crippen molar-refractivity contribution in [2.24, 2.45) is 0 Å². The number of rotatable bonds is 9. The summed E-state index contributed by atoms with van der Waals surface area (Å²) in [6.45, 7) is 12.6. The Morgan fingerprint density at radius 1 is 0.795 bits per heavy atom. The van der Waals surface area contributed by atoms with Crippen molar-refractivity contribution in [3.05, 3.63) is 94.0 Å². The number of aromatic nitrogens is 4. The van der Waals surface area contributed by atoms with Crippen LogP contribution in [0.3, 0.4) is 0 Å². The van der Waals surface area contributed by atoms with Gasteiger partial charge >= 0.3 is 0 Å². The molecule has 2 heterocycles. The maximum atomic E-state index is 5.40. The molecule has 0 spiro atoms. The molecule has 0 bridgehead atoms. The highest BCUT2D eigenvalue weighted by Crippen LogP contribution is 2.35. The van der Waals surface area contributed by atoms with Crippen molar-refractivity contribution in [2.75, 3.05) is 13.7 Å². The van der Waals surface area contributed by atoms with E-state index in [1.165, 1.54) is 33.4 Å². The molecule has 6 heteroatoms. The Morgan fingerprint density at radius 3 is 2.18 bits per heavy atom. The third kappa shape index (κ3) is 5.36. The van der Waals surface area contributed by atoms with Crippen LogP contribution in [0.15, 0.2) is 65.8 Å². The standard InChI is InChI=1S/C33H36N4OS/c1-21-22(2)24(4)29(25(5)23(21)3)20-39-33-36-35-32(37(33)17-12-18-38-6)28-19-31(26-13-8-7-9-14-26)34-30-16-11-10-15-27(28)30/h7-11,13-16,19H,12,17-18,20H2,1-6H3. The second-order valence-electron chi connectivity index (χ2n) is 10.1. The van der Waals surface area contributed by atoms with Crippen molar-refractivity contribution < 1.29 is 4.74 Å². The average Bonchev–Trinajstić information content (AvgIpc) is 3.37. The fourth-order valence-corrected chi connectivity index (χ4v) is 6.35. The monoisotopic (exact) mass is 536 g/mol. The first-order valence-corrected chi connectivity index (χ1v) is 14.5. The number of para-hydroxylation sites is 1. The predicted molar refractivity (Wildman–Crippen MR) is 162 cm³/mol. The highest BCUT2D eigenvalue weighted by Gasteiger charge is 2.20. The van der Waals surface area contributed by atoms with Crippen LogP contribution in [0.2, 0.25) is 0 Å². The van der Waals surface area contributed by atoms with E-state index < -0.39 is 0 Å². The van der Waals surface area contributed by atoms with Gasteiger partial charge in [0.1, 0.15) is 0 Å². The van der Waals surface area contributed by atoms with Crippen LogP contribution in [0.1, 0.15) is 39.8 Å². The number of methoxy groups -OCH3 is 1. The van der Waals surface area contributed by atoms with Crippen LogP contribution in [0.25, 0.3) is 33.5 Å². The normalized spacial score (nSPS) is 11.4. The fourth-order valence-electron chi connectivity index (χ4n) is 5.21. The summed E-state index contributed by atoms with van der Waals surface area (Å²) >= 11 is 1.76. The molecule has 5 nitrogen and oxygen atoms in total. The minimum Gasteiger partial charge on any atom is -0.385 e. The van der Waals surface area contributed by atoms with Gasteiger partial charge in [-0.3, -0.25) is 0 Å². The summed E-state index contributed by atoms with van der Waals surface area (Å²) in [4.78, 5) is 4.98. The largest absolute Gasteiger partial charge is 0.385 e. The molecule has 5 aromatic rings. The Hall–Kier alpha value is -3.48. The van der Waals surface area contributed by atoms with E-state index in [0.717, 1.165) is 57.4 Å². The molecule has 0 atom stereocenters. The summed E-state index contributed by atoms with van der Waals surface area (Å²) in [5.74, 6) is 1.73. The summed E-state index contributed by atoms with van der Waals surface area (Å²) in [6.07, 6.45) is 0.879. The van der Waals surface area contributed by atoms with Gasteiger partial charge < -0.3 is 9.30 Å². The third-order valence-electron chi connectivity index (χ3n) is 7.97. The van der Waals surface area contributed by atoms with Crippen molar-refractivity contribution in [2.45, 2.75) is 58.5 Å². The third-order valence-corrected chi connectivity index (χ3v) is 8.97. The van der Waals surface area contributed by atoms with Crippen LogP contribution in [-0.2, 0) is 17.0 Å². The zero-order valence-corrected chi connectivity index (χ0v) is 24.5. The van der Waals surface area contributed by atoms with Gasteiger partial charge in [-0.25, -0.2) is 4.98 Å². The maximum absolute atomic E-state index is 5.40. The van der Waals surface area contributed by atoms with Crippen molar-refractivity contribution >= 4 is 22.7 Å². The van der Waals surface area contributed by atoms with Gasteiger partial charge in [0.05, 0.1) is 11.2 Å². The molecular weight excluding hydrogens is 500 g/mol. The van der Waals surface area contributed by atoms with E-state index in [-0.39, 0.29) is 0 Å². The van der Waals surface area contributed by atoms with Crippen LogP contribution in [0.4, 0.5) is 0 Å². The summed E-state index contributed by atoms with van der Waals surface area (Å²) in [5, 5.41) is 11.5. The lowest BCUT2D eigenvalue weighted by Gasteiger charge is -2.18. The first-order chi connectivity index (χ1) is 18.9. The number of hydrogen-bond donors (Lipinski definition) is 0. The number of benzene rings is 3. The first-order valence-electron chi connectivity index (χ1n) is 13.5. The lowest BCUT2D eigenvalue weighted by Crippen LogP contribution is -2.07. The van der Waals surface area contributed by atoms with Crippen LogP contribution >= 0.6 is 11.8 Å². The molecule has 0 amide bonds. The van der Waals surface area contributed by atoms with Gasteiger partial charge in [-0.2, -0.15) is 0 Å². The van der Waals surface area contributed by atoms with Gasteiger partial charge in [-0.15, -0.1) is 10.2 Å². The van der Waals surface area contributed by atoms with Gasteiger partial charge in [0.25, 0.3) is 0 Å². The second-order valence-corrected chi connectivity index (χ2v) is 11.1. The Morgan fingerprint density at radius 2 is 1.46 bits per heavy atom. The molecular formula is C33H36N4OS. The summed E-state index contributed by atoms with van der Waals surface area (Å²) in [7, 11) is 1.75. The molecule has 200 valence electrons. The van der Waals surface area contributed by atoms with E-state index in [2.05, 4.69) is 75.6 Å². The Balaban J connectivity index is 1.59. The maximum Gasteiger partial charge on any atom is 0.191 e. The topological polar surface area (TPSA) is 52.8 Å². The zero-order chi connectivity index (χ0) is 27.5. The molecule has 0 aliphatic carbocycles. The molecule has 0 aliphatic rings. The molecule has 3 aromatic carbocycles. The number of pyridine rings is 1. The van der Waals surface area contributed by atoms with Crippen molar-refractivity contribution in [1.29, 1.82) is 0 Å². The predicted octanol–water partition coefficient (Wildman–Crippen LogP) is 8.03. The lowest BCUT2D eigenvalue weighted by molar-refractivity contribution is 0.189. The van der Waals surface area contributed by atoms with Crippen molar-refractivity contribution in [3.8, 4) is 22.6 Å². The zero-order valence-electron chi connectivity index (χ0n) is 23.7. The number of ether oxygens (including phenoxy) is 1. The quantitative estimate of drug-likeness (QED) is 0.141. The van der Waals surface area contributed by atoms with E-state index in [1.54, 1.807) is 18.9 Å². The van der Waals surface area contributed by atoms with Gasteiger partial charge in [0, 0.05) is 42.5 Å². The summed E-state index contributed by atoms with van der Waals surface area (Å²) in [5.41, 5.74) is 12.3. The SMILES string of the molecule is COCCCn1c(SCc2c(C)c(C)c(C)c(C)c2C)nnc1-c1cc(-c2ccccc2)nc2ccccc12. The van der Waals surface area contributed by atoms with E-state index in [4.69, 9.17) is 19.9 Å².